The van der Waals surface area contributed by atoms with Gasteiger partial charge in [0.1, 0.15) is 11.5 Å². The van der Waals surface area contributed by atoms with Crippen molar-refractivity contribution in [1.29, 1.82) is 0 Å². The Hall–Kier alpha value is -2.83. The van der Waals surface area contributed by atoms with Gasteiger partial charge in [-0.15, -0.1) is 11.8 Å². The number of oxime groups is 1. The monoisotopic (exact) mass is 441 g/mol. The first-order valence-electron chi connectivity index (χ1n) is 9.23. The van der Waals surface area contributed by atoms with E-state index in [9.17, 15) is 9.59 Å². The maximum atomic E-state index is 13.2. The maximum Gasteiger partial charge on any atom is 0.331 e. The molecular formula is C23H20ClNO4S. The number of Topliss-reactive ketones (excluding diaryl/α,β-unsaturated/α-hetero) is 1. The van der Waals surface area contributed by atoms with Crippen LogP contribution in [0.15, 0.2) is 70.7 Å². The van der Waals surface area contributed by atoms with Gasteiger partial charge in [-0.25, -0.2) is 4.79 Å². The number of rotatable bonds is 8. The van der Waals surface area contributed by atoms with E-state index in [0.717, 1.165) is 21.4 Å². The number of ketones is 1. The molecule has 0 amide bonds. The van der Waals surface area contributed by atoms with Crippen molar-refractivity contribution >= 4 is 51.6 Å². The Morgan fingerprint density at radius 2 is 1.70 bits per heavy atom. The average molecular weight is 442 g/mol. The molecule has 154 valence electrons. The molecule has 0 aromatic heterocycles. The van der Waals surface area contributed by atoms with Gasteiger partial charge in [-0.3, -0.25) is 4.79 Å². The van der Waals surface area contributed by atoms with E-state index >= 15 is 0 Å². The predicted molar refractivity (Wildman–Crippen MR) is 121 cm³/mol. The molecule has 30 heavy (non-hydrogen) atoms. The lowest BCUT2D eigenvalue weighted by molar-refractivity contribution is -0.140. The van der Waals surface area contributed by atoms with Crippen LogP contribution in [0.5, 0.6) is 5.75 Å². The largest absolute Gasteiger partial charge is 0.497 e. The summed E-state index contributed by atoms with van der Waals surface area (Å²) in [5.41, 5.74) is 0.647. The van der Waals surface area contributed by atoms with Gasteiger partial charge in [0, 0.05) is 40.0 Å². The van der Waals surface area contributed by atoms with Crippen LogP contribution in [-0.2, 0) is 9.63 Å². The van der Waals surface area contributed by atoms with Gasteiger partial charge in [-0.05, 0) is 41.8 Å². The highest BCUT2D eigenvalue weighted by Gasteiger charge is 2.19. The van der Waals surface area contributed by atoms with Gasteiger partial charge < -0.3 is 9.57 Å². The Morgan fingerprint density at radius 3 is 2.37 bits per heavy atom. The van der Waals surface area contributed by atoms with Crippen LogP contribution >= 0.6 is 23.4 Å². The van der Waals surface area contributed by atoms with Crippen LogP contribution in [0.3, 0.4) is 0 Å². The molecule has 0 aliphatic carbocycles. The Morgan fingerprint density at radius 1 is 1.00 bits per heavy atom. The summed E-state index contributed by atoms with van der Waals surface area (Å²) >= 11 is 7.84. The highest BCUT2D eigenvalue weighted by atomic mass is 35.5. The van der Waals surface area contributed by atoms with Crippen LogP contribution < -0.4 is 4.74 Å². The lowest BCUT2D eigenvalue weighted by atomic mass is 9.98. The molecule has 3 aromatic carbocycles. The van der Waals surface area contributed by atoms with Crippen LogP contribution in [0.25, 0.3) is 10.8 Å². The summed E-state index contributed by atoms with van der Waals surface area (Å²) in [6.45, 7) is 1.25. The zero-order valence-electron chi connectivity index (χ0n) is 16.6. The standard InChI is InChI=1S/C23H20ClNO4S/c1-15(26)29-25-22(13-14-30-17-9-7-16(28-2)8-10-17)23(27)20-11-12-21(24)19-6-4-3-5-18(19)20/h3-12H,13-14H2,1-2H3. The van der Waals surface area contributed by atoms with Crippen molar-refractivity contribution in [1.82, 2.24) is 0 Å². The van der Waals surface area contributed by atoms with Crippen LogP contribution in [0.2, 0.25) is 5.02 Å². The molecule has 0 saturated carbocycles. The smallest absolute Gasteiger partial charge is 0.331 e. The lowest BCUT2D eigenvalue weighted by Crippen LogP contribution is -2.17. The molecule has 0 saturated heterocycles. The van der Waals surface area contributed by atoms with Gasteiger partial charge in [0.25, 0.3) is 0 Å². The molecule has 0 heterocycles. The molecule has 0 N–H and O–H groups in total. The topological polar surface area (TPSA) is 65.0 Å². The first kappa shape index (κ1) is 21.9. The van der Waals surface area contributed by atoms with Crippen LogP contribution in [0.1, 0.15) is 23.7 Å². The Labute approximate surface area is 184 Å². The van der Waals surface area contributed by atoms with Crippen molar-refractivity contribution in [3.8, 4) is 5.75 Å². The molecule has 0 bridgehead atoms. The van der Waals surface area contributed by atoms with Gasteiger partial charge in [0.2, 0.25) is 5.78 Å². The van der Waals surface area contributed by atoms with Crippen molar-refractivity contribution < 1.29 is 19.2 Å². The number of benzene rings is 3. The van der Waals surface area contributed by atoms with E-state index < -0.39 is 5.97 Å². The van der Waals surface area contributed by atoms with Gasteiger partial charge in [0.15, 0.2) is 0 Å². The van der Waals surface area contributed by atoms with Gasteiger partial charge >= 0.3 is 5.97 Å². The van der Waals surface area contributed by atoms with Crippen LogP contribution in [0, 0.1) is 0 Å². The van der Waals surface area contributed by atoms with Crippen LogP contribution in [-0.4, -0.2) is 30.3 Å². The fraction of sp³-hybridized carbons (Fsp3) is 0.174. The van der Waals surface area contributed by atoms with E-state index in [1.165, 1.54) is 6.92 Å². The van der Waals surface area contributed by atoms with Gasteiger partial charge in [-0.1, -0.05) is 41.0 Å². The molecule has 0 radical (unpaired) electrons. The van der Waals surface area contributed by atoms with Crippen molar-refractivity contribution in [3.05, 3.63) is 71.2 Å². The summed E-state index contributed by atoms with van der Waals surface area (Å²) in [5.74, 6) is 0.494. The van der Waals surface area contributed by atoms with Gasteiger partial charge in [-0.2, -0.15) is 0 Å². The minimum absolute atomic E-state index is 0.179. The molecule has 0 aliphatic rings. The second kappa shape index (κ2) is 10.3. The van der Waals surface area contributed by atoms with E-state index in [1.807, 2.05) is 48.5 Å². The Bertz CT molecular complexity index is 1100. The summed E-state index contributed by atoms with van der Waals surface area (Å²) in [6.07, 6.45) is 0.333. The number of hydrogen-bond acceptors (Lipinski definition) is 6. The molecule has 5 nitrogen and oxygen atoms in total. The predicted octanol–water partition coefficient (Wildman–Crippen LogP) is 5.79. The summed E-state index contributed by atoms with van der Waals surface area (Å²) in [5, 5.41) is 5.92. The third kappa shape index (κ3) is 5.40. The van der Waals surface area contributed by atoms with Gasteiger partial charge in [0.05, 0.1) is 7.11 Å². The highest BCUT2D eigenvalue weighted by molar-refractivity contribution is 7.99. The minimum atomic E-state index is -0.580. The fourth-order valence-corrected chi connectivity index (χ4v) is 3.96. The number of nitrogens with zero attached hydrogens (tertiary/aromatic N) is 1. The molecule has 0 atom stereocenters. The summed E-state index contributed by atoms with van der Waals surface area (Å²) in [4.78, 5) is 30.3. The molecule has 3 aromatic rings. The van der Waals surface area contributed by atoms with E-state index in [1.54, 1.807) is 31.0 Å². The van der Waals surface area contributed by atoms with Crippen molar-refractivity contribution in [2.75, 3.05) is 12.9 Å². The number of methoxy groups -OCH3 is 1. The number of hydrogen-bond donors (Lipinski definition) is 0. The highest BCUT2D eigenvalue weighted by Crippen LogP contribution is 2.28. The second-order valence-electron chi connectivity index (χ2n) is 6.36. The quantitative estimate of drug-likeness (QED) is 0.145. The third-order valence-corrected chi connectivity index (χ3v) is 5.67. The zero-order chi connectivity index (χ0) is 21.5. The van der Waals surface area contributed by atoms with E-state index in [0.29, 0.717) is 22.8 Å². The molecule has 0 aliphatic heterocycles. The maximum absolute atomic E-state index is 13.2. The second-order valence-corrected chi connectivity index (χ2v) is 7.94. The average Bonchev–Trinajstić information content (AvgIpc) is 2.76. The Balaban J connectivity index is 1.81. The number of thioether (sulfide) groups is 1. The Kier molecular flexibility index (Phi) is 7.49. The SMILES string of the molecule is COc1ccc(SCCC(=NOC(C)=O)C(=O)c2ccc(Cl)c3ccccc23)cc1. The summed E-state index contributed by atoms with van der Waals surface area (Å²) in [6, 6.07) is 18.4. The van der Waals surface area contributed by atoms with E-state index in [4.69, 9.17) is 21.2 Å². The number of halogens is 1. The first-order valence-corrected chi connectivity index (χ1v) is 10.6. The number of ether oxygens (including phenoxy) is 1. The number of carbonyl (C=O) groups excluding carboxylic acids is 2. The lowest BCUT2D eigenvalue weighted by Gasteiger charge is -2.09. The van der Waals surface area contributed by atoms with Crippen molar-refractivity contribution in [2.45, 2.75) is 18.2 Å². The van der Waals surface area contributed by atoms with Crippen LogP contribution in [0.4, 0.5) is 0 Å². The number of fused-ring (bicyclic) bond motifs is 1. The minimum Gasteiger partial charge on any atom is -0.497 e. The molecule has 0 unspecified atom stereocenters. The molecule has 0 fully saturated rings. The summed E-state index contributed by atoms with van der Waals surface area (Å²) < 4.78 is 5.16. The molecular weight excluding hydrogens is 422 g/mol. The van der Waals surface area contributed by atoms with Crippen molar-refractivity contribution in [2.24, 2.45) is 5.16 Å². The van der Waals surface area contributed by atoms with E-state index in [-0.39, 0.29) is 11.5 Å². The molecule has 0 spiro atoms. The van der Waals surface area contributed by atoms with Crippen molar-refractivity contribution in [3.63, 3.8) is 0 Å². The normalized spacial score (nSPS) is 11.4. The fourth-order valence-electron chi connectivity index (χ4n) is 2.87. The molecule has 3 rings (SSSR count). The zero-order valence-corrected chi connectivity index (χ0v) is 18.1. The first-order chi connectivity index (χ1) is 14.5. The third-order valence-electron chi connectivity index (χ3n) is 4.33. The number of carbonyl (C=O) groups is 2. The molecule has 7 heteroatoms. The van der Waals surface area contributed by atoms with E-state index in [2.05, 4.69) is 5.16 Å². The summed E-state index contributed by atoms with van der Waals surface area (Å²) in [7, 11) is 1.62.